The number of carboxylic acids is 1. The fourth-order valence-corrected chi connectivity index (χ4v) is 1.67. The van der Waals surface area contributed by atoms with E-state index in [1.807, 2.05) is 0 Å². The van der Waals surface area contributed by atoms with Crippen molar-refractivity contribution < 1.29 is 28.9 Å². The highest BCUT2D eigenvalue weighted by molar-refractivity contribution is 5.71. The summed E-state index contributed by atoms with van der Waals surface area (Å²) in [5, 5.41) is 11.6. The highest BCUT2D eigenvalue weighted by Gasteiger charge is 2.33. The number of carboxylic acid groups (broad SMARTS) is 1. The van der Waals surface area contributed by atoms with Gasteiger partial charge in [0.2, 0.25) is 0 Å². The van der Waals surface area contributed by atoms with E-state index < -0.39 is 11.9 Å². The Morgan fingerprint density at radius 3 is 2.79 bits per heavy atom. The first-order valence-corrected chi connectivity index (χ1v) is 6.04. The first kappa shape index (κ1) is 13.4. The molecule has 1 N–H and O–H groups in total. The van der Waals surface area contributed by atoms with E-state index in [0.29, 0.717) is 19.5 Å². The van der Waals surface area contributed by atoms with Crippen LogP contribution >= 0.6 is 0 Å². The van der Waals surface area contributed by atoms with Crippen LogP contribution in [-0.2, 0) is 14.3 Å². The van der Waals surface area contributed by atoms with Gasteiger partial charge in [-0.25, -0.2) is 0 Å². The molecule has 1 aliphatic rings. The molecule has 108 valence electrons. The van der Waals surface area contributed by atoms with E-state index in [1.165, 1.54) is 4.96 Å². The Hall–Kier alpha value is -2.06. The molecule has 9 nitrogen and oxygen atoms in total. The zero-order valence-corrected chi connectivity index (χ0v) is 10.8. The van der Waals surface area contributed by atoms with Crippen LogP contribution in [0.25, 0.3) is 0 Å². The van der Waals surface area contributed by atoms with Crippen molar-refractivity contribution in [1.82, 2.24) is 9.98 Å². The van der Waals surface area contributed by atoms with Crippen molar-refractivity contribution in [2.45, 2.75) is 20.3 Å². The van der Waals surface area contributed by atoms with Crippen LogP contribution in [0.1, 0.15) is 20.3 Å². The maximum Gasteiger partial charge on any atom is 0.311 e. The van der Waals surface area contributed by atoms with E-state index in [4.69, 9.17) is 19.3 Å². The normalized spacial score (nSPS) is 19.1. The number of carbonyl (C=O) groups is 2. The Morgan fingerprint density at radius 1 is 1.47 bits per heavy atom. The van der Waals surface area contributed by atoms with Gasteiger partial charge in [0.05, 0.1) is 18.4 Å². The minimum Gasteiger partial charge on any atom is -0.481 e. The molecule has 1 aliphatic heterocycles. The van der Waals surface area contributed by atoms with Crippen LogP contribution in [0.4, 0.5) is 0 Å². The fraction of sp³-hybridized carbons (Fsp3) is 0.800. The van der Waals surface area contributed by atoms with Crippen LogP contribution < -0.4 is 9.85 Å². The molecule has 19 heavy (non-hydrogen) atoms. The summed E-state index contributed by atoms with van der Waals surface area (Å²) in [7, 11) is 0. The lowest BCUT2D eigenvalue weighted by molar-refractivity contribution is -0.163. The highest BCUT2D eigenvalue weighted by Crippen LogP contribution is 2.16. The number of hydrogen-bond acceptors (Lipinski definition) is 6. The number of ether oxygens (including phenoxy) is 1. The first-order valence-electron chi connectivity index (χ1n) is 6.04. The topological polar surface area (TPSA) is 99.1 Å². The minimum atomic E-state index is -0.817. The van der Waals surface area contributed by atoms with Gasteiger partial charge in [0.1, 0.15) is 5.02 Å². The molecule has 1 aromatic rings. The number of esters is 1. The second-order valence-electron chi connectivity index (χ2n) is 4.67. The third kappa shape index (κ3) is 3.24. The summed E-state index contributed by atoms with van der Waals surface area (Å²) < 4.78 is 9.76. The number of carbonyl (C=O) groups excluding carboxylic acids is 1. The number of hydrogen-bond donors (Lipinski definition) is 1. The largest absolute Gasteiger partial charge is 0.481 e. The second-order valence-corrected chi connectivity index (χ2v) is 4.67. The van der Waals surface area contributed by atoms with Gasteiger partial charge in [-0.2, -0.15) is 4.63 Å². The van der Waals surface area contributed by atoms with Crippen LogP contribution in [0.2, 0.25) is 0 Å². The third-order valence-electron chi connectivity index (χ3n) is 2.85. The molecular weight excluding hydrogens is 258 g/mol. The molecule has 2 rings (SSSR count). The van der Waals surface area contributed by atoms with Gasteiger partial charge in [-0.3, -0.25) is 14.6 Å². The summed E-state index contributed by atoms with van der Waals surface area (Å²) in [5.41, 5.74) is 0. The van der Waals surface area contributed by atoms with Gasteiger partial charge in [-0.15, -0.1) is 0 Å². The lowest BCUT2D eigenvalue weighted by atomic mass is 10.1. The van der Waals surface area contributed by atoms with E-state index in [2.05, 4.69) is 0 Å². The van der Waals surface area contributed by atoms with Gasteiger partial charge in [0, 0.05) is 11.5 Å². The van der Waals surface area contributed by atoms with E-state index in [0.717, 1.165) is 5.02 Å². The smallest absolute Gasteiger partial charge is 0.311 e. The molecule has 1 atom stereocenters. The molecule has 1 unspecified atom stereocenters. The standard InChI is InChI=1S/C10H17N3O6/c1-7(2)10(16)17-6-18-13-12(19-13)11-4-3-8(5-11)9(14)15/h7-8H,3-6H2,1-2H3,(H,14,15). The maximum absolute atomic E-state index is 11.1. The van der Waals surface area contributed by atoms with E-state index in [1.54, 1.807) is 18.9 Å². The molecule has 0 bridgehead atoms. The van der Waals surface area contributed by atoms with Crippen molar-refractivity contribution in [2.75, 3.05) is 24.9 Å². The molecule has 0 saturated carbocycles. The first-order chi connectivity index (χ1) is 8.99. The lowest BCUT2D eigenvalue weighted by Crippen LogP contribution is -2.32. The third-order valence-corrected chi connectivity index (χ3v) is 2.85. The fourth-order valence-electron chi connectivity index (χ4n) is 1.67. The predicted molar refractivity (Wildman–Crippen MR) is 60.8 cm³/mol. The highest BCUT2D eigenvalue weighted by atomic mass is 17.0. The molecule has 2 heterocycles. The van der Waals surface area contributed by atoms with E-state index in [-0.39, 0.29) is 18.7 Å². The summed E-state index contributed by atoms with van der Waals surface area (Å²) in [6.45, 7) is 4.13. The number of rotatable bonds is 6. The van der Waals surface area contributed by atoms with Crippen LogP contribution in [0.5, 0.6) is 0 Å². The second kappa shape index (κ2) is 5.29. The Morgan fingerprint density at radius 2 is 2.21 bits per heavy atom. The predicted octanol–water partition coefficient (Wildman–Crippen LogP) is -0.490. The Kier molecular flexibility index (Phi) is 3.72. The van der Waals surface area contributed by atoms with Crippen molar-refractivity contribution >= 4 is 11.9 Å². The number of aliphatic carboxylic acids is 1. The van der Waals surface area contributed by atoms with Gasteiger partial charge >= 0.3 is 11.9 Å². The van der Waals surface area contributed by atoms with Crippen molar-refractivity contribution in [2.24, 2.45) is 11.8 Å². The lowest BCUT2D eigenvalue weighted by Gasteiger charge is -2.08. The Bertz CT molecular complexity index is 445. The van der Waals surface area contributed by atoms with Gasteiger partial charge in [-0.1, -0.05) is 13.8 Å². The average molecular weight is 275 g/mol. The molecular formula is C10H17N3O6. The van der Waals surface area contributed by atoms with Gasteiger partial charge in [0.15, 0.2) is 0 Å². The van der Waals surface area contributed by atoms with Gasteiger partial charge in [0.25, 0.3) is 6.79 Å². The van der Waals surface area contributed by atoms with E-state index in [9.17, 15) is 9.59 Å². The van der Waals surface area contributed by atoms with Crippen LogP contribution in [0.3, 0.4) is 0 Å². The van der Waals surface area contributed by atoms with Crippen LogP contribution in [-0.4, -0.2) is 46.9 Å². The van der Waals surface area contributed by atoms with Crippen molar-refractivity contribution in [3.63, 3.8) is 0 Å². The van der Waals surface area contributed by atoms with Crippen LogP contribution in [0.15, 0.2) is 4.63 Å². The van der Waals surface area contributed by atoms with Crippen molar-refractivity contribution in [1.29, 1.82) is 0 Å². The molecule has 1 aromatic heterocycles. The quantitative estimate of drug-likeness (QED) is 0.552. The molecule has 1 fully saturated rings. The summed E-state index contributed by atoms with van der Waals surface area (Å²) in [4.78, 5) is 28.2. The SMILES string of the molecule is CC(C)C(=O)OCOn1on1N1CCC(C(=O)O)C1. The molecule has 0 aliphatic carbocycles. The van der Waals surface area contributed by atoms with Gasteiger partial charge in [-0.05, 0) is 6.42 Å². The average Bonchev–Trinajstić information content (AvgIpc) is 2.94. The van der Waals surface area contributed by atoms with Crippen molar-refractivity contribution in [3.8, 4) is 0 Å². The van der Waals surface area contributed by atoms with Gasteiger partial charge < -0.3 is 14.7 Å². The molecule has 0 spiro atoms. The molecule has 0 aromatic carbocycles. The summed E-state index contributed by atoms with van der Waals surface area (Å²) in [6, 6.07) is 0. The monoisotopic (exact) mass is 275 g/mol. The minimum absolute atomic E-state index is 0.218. The Labute approximate surface area is 109 Å². The Balaban J connectivity index is 1.70. The zero-order chi connectivity index (χ0) is 14.0. The molecule has 0 amide bonds. The maximum atomic E-state index is 11.1. The van der Waals surface area contributed by atoms with Crippen molar-refractivity contribution in [3.05, 3.63) is 0 Å². The molecule has 9 heteroatoms. The van der Waals surface area contributed by atoms with E-state index >= 15 is 0 Å². The molecule has 0 radical (unpaired) electrons. The summed E-state index contributed by atoms with van der Waals surface area (Å²) in [6.07, 6.45) is 0.561. The van der Waals surface area contributed by atoms with Crippen LogP contribution in [0, 0.1) is 11.8 Å². The number of aromatic nitrogens is 2. The zero-order valence-electron chi connectivity index (χ0n) is 10.8. The summed E-state index contributed by atoms with van der Waals surface area (Å²) in [5.74, 6) is -1.79. The molecule has 1 saturated heterocycles. The summed E-state index contributed by atoms with van der Waals surface area (Å²) >= 11 is 0. The number of nitrogens with zero attached hydrogens (tertiary/aromatic N) is 3.